The number of non-ortho nitro benzene ring substituents is 1. The van der Waals surface area contributed by atoms with Crippen LogP contribution in [0.3, 0.4) is 0 Å². The van der Waals surface area contributed by atoms with Gasteiger partial charge < -0.3 is 4.79 Å². The number of nitrogens with zero attached hydrogens (tertiary/aromatic N) is 1. The van der Waals surface area contributed by atoms with Crippen molar-refractivity contribution in [3.8, 4) is 0 Å². The summed E-state index contributed by atoms with van der Waals surface area (Å²) in [6.07, 6.45) is 0.844. The summed E-state index contributed by atoms with van der Waals surface area (Å²) in [6.45, 7) is 0. The fraction of sp³-hybridized carbons (Fsp3) is 0.0714. The van der Waals surface area contributed by atoms with Crippen LogP contribution in [0.1, 0.15) is 17.0 Å². The van der Waals surface area contributed by atoms with Crippen molar-refractivity contribution in [1.29, 1.82) is 0 Å². The Labute approximate surface area is 104 Å². The van der Waals surface area contributed by atoms with E-state index < -0.39 is 4.92 Å². The summed E-state index contributed by atoms with van der Waals surface area (Å²) in [4.78, 5) is 21.3. The van der Waals surface area contributed by atoms with Crippen LogP contribution >= 0.6 is 0 Å². The Kier molecular flexibility index (Phi) is 3.48. The zero-order valence-corrected chi connectivity index (χ0v) is 9.52. The number of rotatable bonds is 4. The van der Waals surface area contributed by atoms with Gasteiger partial charge in [0.1, 0.15) is 6.29 Å². The highest BCUT2D eigenvalue weighted by atomic mass is 16.6. The first-order valence-corrected chi connectivity index (χ1v) is 5.47. The Morgan fingerprint density at radius 1 is 0.944 bits per heavy atom. The van der Waals surface area contributed by atoms with Crippen LogP contribution in [0.5, 0.6) is 0 Å². The van der Waals surface area contributed by atoms with Gasteiger partial charge in [-0.25, -0.2) is 0 Å². The number of carbonyl (C=O) groups excluding carboxylic acids is 1. The van der Waals surface area contributed by atoms with Crippen molar-refractivity contribution in [3.63, 3.8) is 0 Å². The maximum atomic E-state index is 11.2. The molecule has 0 aliphatic rings. The maximum absolute atomic E-state index is 11.2. The van der Waals surface area contributed by atoms with E-state index in [0.717, 1.165) is 17.4 Å². The van der Waals surface area contributed by atoms with Crippen molar-refractivity contribution >= 4 is 12.0 Å². The molecule has 1 atom stereocenters. The van der Waals surface area contributed by atoms with E-state index in [1.54, 1.807) is 12.1 Å². The Morgan fingerprint density at radius 3 is 2.00 bits per heavy atom. The molecule has 0 aromatic heterocycles. The highest BCUT2D eigenvalue weighted by Gasteiger charge is 2.14. The van der Waals surface area contributed by atoms with E-state index in [4.69, 9.17) is 0 Å². The quantitative estimate of drug-likeness (QED) is 0.469. The van der Waals surface area contributed by atoms with Crippen molar-refractivity contribution < 1.29 is 9.72 Å². The van der Waals surface area contributed by atoms with Gasteiger partial charge in [0.2, 0.25) is 0 Å². The smallest absolute Gasteiger partial charge is 0.269 e. The van der Waals surface area contributed by atoms with Crippen molar-refractivity contribution in [1.82, 2.24) is 0 Å². The molecule has 4 nitrogen and oxygen atoms in total. The summed E-state index contributed by atoms with van der Waals surface area (Å²) in [7, 11) is 0. The molecule has 4 heteroatoms. The van der Waals surface area contributed by atoms with Crippen LogP contribution in [-0.2, 0) is 4.79 Å². The summed E-state index contributed by atoms with van der Waals surface area (Å²) >= 11 is 0. The average Bonchev–Trinajstić information content (AvgIpc) is 2.41. The molecule has 2 aromatic rings. The van der Waals surface area contributed by atoms with E-state index >= 15 is 0 Å². The number of aldehydes is 1. The molecule has 2 rings (SSSR count). The van der Waals surface area contributed by atoms with Gasteiger partial charge in [-0.15, -0.1) is 0 Å². The largest absolute Gasteiger partial charge is 0.302 e. The van der Waals surface area contributed by atoms with Crippen LogP contribution in [-0.4, -0.2) is 11.2 Å². The predicted octanol–water partition coefficient (Wildman–Crippen LogP) is 2.93. The normalized spacial score (nSPS) is 11.8. The molecular weight excluding hydrogens is 230 g/mol. The Hall–Kier alpha value is -2.49. The van der Waals surface area contributed by atoms with E-state index in [9.17, 15) is 14.9 Å². The molecule has 0 aliphatic heterocycles. The van der Waals surface area contributed by atoms with Crippen molar-refractivity contribution in [3.05, 3.63) is 75.8 Å². The molecule has 18 heavy (non-hydrogen) atoms. The molecule has 0 amide bonds. The van der Waals surface area contributed by atoms with Gasteiger partial charge in [-0.2, -0.15) is 0 Å². The minimum atomic E-state index is -0.456. The van der Waals surface area contributed by atoms with E-state index in [0.29, 0.717) is 0 Å². The second-order valence-electron chi connectivity index (χ2n) is 3.87. The first kappa shape index (κ1) is 12.0. The van der Waals surface area contributed by atoms with Gasteiger partial charge in [-0.1, -0.05) is 42.5 Å². The third-order valence-corrected chi connectivity index (χ3v) is 2.76. The van der Waals surface area contributed by atoms with Gasteiger partial charge in [-0.05, 0) is 11.1 Å². The van der Waals surface area contributed by atoms with Crippen LogP contribution < -0.4 is 0 Å². The number of hydrogen-bond acceptors (Lipinski definition) is 3. The predicted molar refractivity (Wildman–Crippen MR) is 67.4 cm³/mol. The summed E-state index contributed by atoms with van der Waals surface area (Å²) in [5.74, 6) is -0.382. The highest BCUT2D eigenvalue weighted by Crippen LogP contribution is 2.24. The molecular formula is C14H11NO3. The summed E-state index contributed by atoms with van der Waals surface area (Å²) in [5, 5.41) is 10.6. The van der Waals surface area contributed by atoms with Gasteiger partial charge in [0.15, 0.2) is 0 Å². The number of benzene rings is 2. The molecule has 1 unspecified atom stereocenters. The molecule has 0 saturated carbocycles. The molecule has 0 aliphatic carbocycles. The van der Waals surface area contributed by atoms with Crippen LogP contribution in [0.25, 0.3) is 0 Å². The molecule has 0 spiro atoms. The summed E-state index contributed by atoms with van der Waals surface area (Å²) in [5.41, 5.74) is 1.65. The third kappa shape index (κ3) is 2.43. The van der Waals surface area contributed by atoms with E-state index in [1.807, 2.05) is 30.3 Å². The minimum absolute atomic E-state index is 0.0245. The monoisotopic (exact) mass is 241 g/mol. The lowest BCUT2D eigenvalue weighted by molar-refractivity contribution is -0.384. The van der Waals surface area contributed by atoms with Crippen molar-refractivity contribution in [2.45, 2.75) is 5.92 Å². The van der Waals surface area contributed by atoms with Gasteiger partial charge in [-0.3, -0.25) is 10.1 Å². The Balaban J connectivity index is 2.34. The van der Waals surface area contributed by atoms with E-state index in [2.05, 4.69) is 0 Å². The van der Waals surface area contributed by atoms with Gasteiger partial charge in [0.25, 0.3) is 5.69 Å². The average molecular weight is 241 g/mol. The number of nitro groups is 1. The minimum Gasteiger partial charge on any atom is -0.302 e. The van der Waals surface area contributed by atoms with Crippen LogP contribution in [0.15, 0.2) is 54.6 Å². The lowest BCUT2D eigenvalue weighted by atomic mass is 9.93. The lowest BCUT2D eigenvalue weighted by Gasteiger charge is -2.10. The molecule has 0 radical (unpaired) electrons. The SMILES string of the molecule is O=CC(c1ccccc1)c1ccc([N+](=O)[O-])cc1. The van der Waals surface area contributed by atoms with E-state index in [1.165, 1.54) is 12.1 Å². The van der Waals surface area contributed by atoms with E-state index in [-0.39, 0.29) is 11.6 Å². The van der Waals surface area contributed by atoms with Gasteiger partial charge in [0.05, 0.1) is 10.8 Å². The number of hydrogen-bond donors (Lipinski definition) is 0. The molecule has 0 bridgehead atoms. The topological polar surface area (TPSA) is 60.2 Å². The number of nitro benzene ring substituents is 1. The maximum Gasteiger partial charge on any atom is 0.269 e. The fourth-order valence-corrected chi connectivity index (χ4v) is 1.81. The Morgan fingerprint density at radius 2 is 1.50 bits per heavy atom. The molecule has 0 fully saturated rings. The second kappa shape index (κ2) is 5.23. The lowest BCUT2D eigenvalue weighted by Crippen LogP contribution is -2.02. The fourth-order valence-electron chi connectivity index (χ4n) is 1.81. The first-order valence-electron chi connectivity index (χ1n) is 5.47. The van der Waals surface area contributed by atoms with Crippen LogP contribution in [0.4, 0.5) is 5.69 Å². The second-order valence-corrected chi connectivity index (χ2v) is 3.87. The van der Waals surface area contributed by atoms with Crippen LogP contribution in [0.2, 0.25) is 0 Å². The zero-order valence-electron chi connectivity index (χ0n) is 9.52. The first-order chi connectivity index (χ1) is 8.72. The highest BCUT2D eigenvalue weighted by molar-refractivity contribution is 5.68. The van der Waals surface area contributed by atoms with Crippen molar-refractivity contribution in [2.75, 3.05) is 0 Å². The van der Waals surface area contributed by atoms with Crippen molar-refractivity contribution in [2.24, 2.45) is 0 Å². The van der Waals surface area contributed by atoms with Gasteiger partial charge in [0, 0.05) is 12.1 Å². The Bertz CT molecular complexity index is 549. The molecule has 0 N–H and O–H groups in total. The van der Waals surface area contributed by atoms with Gasteiger partial charge >= 0.3 is 0 Å². The molecule has 2 aromatic carbocycles. The molecule has 90 valence electrons. The molecule has 0 heterocycles. The zero-order chi connectivity index (χ0) is 13.0. The molecule has 0 saturated heterocycles. The third-order valence-electron chi connectivity index (χ3n) is 2.76. The van der Waals surface area contributed by atoms with Crippen LogP contribution in [0, 0.1) is 10.1 Å². The standard InChI is InChI=1S/C14H11NO3/c16-10-14(11-4-2-1-3-5-11)12-6-8-13(9-7-12)15(17)18/h1-10,14H. The number of carbonyl (C=O) groups is 1. The summed E-state index contributed by atoms with van der Waals surface area (Å²) < 4.78 is 0. The summed E-state index contributed by atoms with van der Waals surface area (Å²) in [6, 6.07) is 15.4.